The molecule has 0 saturated carbocycles. The fraction of sp³-hybridized carbons (Fsp3) is 0.130. The molecule has 0 aliphatic carbocycles. The number of carbonyl (C=O) groups is 1. The number of carbonyl (C=O) groups excluding carboxylic acids is 1. The predicted octanol–water partition coefficient (Wildman–Crippen LogP) is 3.60. The molecule has 8 heteroatoms. The molecule has 3 heterocycles. The molecule has 0 bridgehead atoms. The van der Waals surface area contributed by atoms with E-state index in [4.69, 9.17) is 0 Å². The number of hydrogen-bond acceptors (Lipinski definition) is 6. The van der Waals surface area contributed by atoms with Crippen LogP contribution in [0.1, 0.15) is 30.2 Å². The van der Waals surface area contributed by atoms with Crippen molar-refractivity contribution >= 4 is 11.9 Å². The van der Waals surface area contributed by atoms with Crippen LogP contribution in [-0.4, -0.2) is 30.6 Å². The fourth-order valence-electron chi connectivity index (χ4n) is 3.06. The molecule has 31 heavy (non-hydrogen) atoms. The number of aromatic nitrogens is 5. The molecular formula is C23H20N6O2. The molecule has 0 atom stereocenters. The molecule has 3 aromatic heterocycles. The second-order valence-corrected chi connectivity index (χ2v) is 7.11. The average molecular weight is 412 g/mol. The van der Waals surface area contributed by atoms with Crippen LogP contribution in [0.25, 0.3) is 22.5 Å². The summed E-state index contributed by atoms with van der Waals surface area (Å²) in [6.45, 7) is 3.79. The summed E-state index contributed by atoms with van der Waals surface area (Å²) in [5.74, 6) is -0.194. The summed E-state index contributed by atoms with van der Waals surface area (Å²) >= 11 is 0. The van der Waals surface area contributed by atoms with Crippen molar-refractivity contribution in [3.05, 3.63) is 89.1 Å². The van der Waals surface area contributed by atoms with Gasteiger partial charge < -0.3 is 0 Å². The van der Waals surface area contributed by atoms with Crippen molar-refractivity contribution in [3.8, 4) is 22.5 Å². The van der Waals surface area contributed by atoms with E-state index in [1.54, 1.807) is 30.6 Å². The number of amides is 1. The number of rotatable bonds is 5. The molecule has 4 rings (SSSR count). The van der Waals surface area contributed by atoms with E-state index in [2.05, 4.69) is 25.4 Å². The van der Waals surface area contributed by atoms with Crippen molar-refractivity contribution in [1.82, 2.24) is 24.7 Å². The molecule has 0 aliphatic rings. The monoisotopic (exact) mass is 412 g/mol. The van der Waals surface area contributed by atoms with E-state index in [0.29, 0.717) is 22.5 Å². The number of hydrogen-bond donors (Lipinski definition) is 1. The Labute approximate surface area is 178 Å². The molecular weight excluding hydrogens is 392 g/mol. The van der Waals surface area contributed by atoms with Crippen molar-refractivity contribution in [1.29, 1.82) is 0 Å². The summed E-state index contributed by atoms with van der Waals surface area (Å²) in [5.41, 5.74) is 2.88. The molecule has 0 saturated heterocycles. The molecule has 0 radical (unpaired) electrons. The highest BCUT2D eigenvalue weighted by Gasteiger charge is 2.16. The fourth-order valence-corrected chi connectivity index (χ4v) is 3.06. The zero-order valence-corrected chi connectivity index (χ0v) is 17.1. The number of nitrogens with zero attached hydrogens (tertiary/aromatic N) is 5. The Balaban J connectivity index is 1.79. The van der Waals surface area contributed by atoms with Crippen molar-refractivity contribution in [3.63, 3.8) is 0 Å². The summed E-state index contributed by atoms with van der Waals surface area (Å²) in [4.78, 5) is 37.5. The Hall–Kier alpha value is -4.20. The number of nitrogens with one attached hydrogen (secondary N) is 1. The number of pyridine rings is 1. The van der Waals surface area contributed by atoms with Crippen LogP contribution in [0.15, 0.2) is 78.0 Å². The van der Waals surface area contributed by atoms with Crippen molar-refractivity contribution in [2.45, 2.75) is 19.9 Å². The lowest BCUT2D eigenvalue weighted by Crippen LogP contribution is -2.24. The maximum absolute atomic E-state index is 12.5. The minimum Gasteiger partial charge on any atom is -0.290 e. The molecule has 4 aromatic rings. The summed E-state index contributed by atoms with van der Waals surface area (Å²) in [5, 5.41) is 7.20. The quantitative estimate of drug-likeness (QED) is 0.537. The van der Waals surface area contributed by atoms with Gasteiger partial charge in [-0.25, -0.2) is 14.6 Å². The predicted molar refractivity (Wildman–Crippen MR) is 118 cm³/mol. The minimum atomic E-state index is -0.355. The van der Waals surface area contributed by atoms with Crippen molar-refractivity contribution < 1.29 is 4.79 Å². The normalized spacial score (nSPS) is 10.8. The van der Waals surface area contributed by atoms with Crippen LogP contribution in [0.2, 0.25) is 0 Å². The van der Waals surface area contributed by atoms with Crippen molar-refractivity contribution in [2.75, 3.05) is 5.32 Å². The second-order valence-electron chi connectivity index (χ2n) is 7.11. The lowest BCUT2D eigenvalue weighted by molar-refractivity contribution is 0.102. The molecule has 1 amide bonds. The molecule has 0 aliphatic heterocycles. The van der Waals surface area contributed by atoms with Crippen LogP contribution in [0.4, 0.5) is 5.95 Å². The van der Waals surface area contributed by atoms with Crippen molar-refractivity contribution in [2.24, 2.45) is 0 Å². The molecule has 1 N–H and O–H groups in total. The lowest BCUT2D eigenvalue weighted by atomic mass is 10.0. The Bertz CT molecular complexity index is 1270. The van der Waals surface area contributed by atoms with Crippen LogP contribution in [0.3, 0.4) is 0 Å². The van der Waals surface area contributed by atoms with Gasteiger partial charge in [0.05, 0.1) is 23.0 Å². The Morgan fingerprint density at radius 2 is 1.81 bits per heavy atom. The summed E-state index contributed by atoms with van der Waals surface area (Å²) in [6.07, 6.45) is 4.67. The topological polar surface area (TPSA) is 103 Å². The van der Waals surface area contributed by atoms with E-state index >= 15 is 0 Å². The van der Waals surface area contributed by atoms with E-state index in [9.17, 15) is 9.59 Å². The van der Waals surface area contributed by atoms with Gasteiger partial charge in [0.2, 0.25) is 5.95 Å². The van der Waals surface area contributed by atoms with Crippen LogP contribution in [0.5, 0.6) is 0 Å². The van der Waals surface area contributed by atoms with Gasteiger partial charge in [-0.05, 0) is 32.0 Å². The Morgan fingerprint density at radius 1 is 1.00 bits per heavy atom. The first kappa shape index (κ1) is 20.1. The van der Waals surface area contributed by atoms with E-state index in [1.807, 2.05) is 44.2 Å². The van der Waals surface area contributed by atoms with E-state index in [0.717, 1.165) is 5.56 Å². The van der Waals surface area contributed by atoms with E-state index in [-0.39, 0.29) is 23.5 Å². The second kappa shape index (κ2) is 8.66. The zero-order chi connectivity index (χ0) is 21.8. The highest BCUT2D eigenvalue weighted by atomic mass is 16.2. The zero-order valence-electron chi connectivity index (χ0n) is 17.1. The summed E-state index contributed by atoms with van der Waals surface area (Å²) in [6, 6.07) is 15.9. The van der Waals surface area contributed by atoms with E-state index < -0.39 is 0 Å². The SMILES string of the molecule is CC(C)n1nc(-c2cnc(NC(=O)c3cccnc3)nc2-c2ccccc2)ccc1=O. The average Bonchev–Trinajstić information content (AvgIpc) is 2.80. The highest BCUT2D eigenvalue weighted by molar-refractivity contribution is 6.03. The minimum absolute atomic E-state index is 0.0911. The van der Waals surface area contributed by atoms with Gasteiger partial charge in [-0.1, -0.05) is 30.3 Å². The smallest absolute Gasteiger partial charge is 0.267 e. The molecule has 8 nitrogen and oxygen atoms in total. The summed E-state index contributed by atoms with van der Waals surface area (Å²) in [7, 11) is 0. The maximum atomic E-state index is 12.5. The number of benzene rings is 1. The van der Waals surface area contributed by atoms with Gasteiger partial charge in [0.1, 0.15) is 0 Å². The third-order valence-corrected chi connectivity index (χ3v) is 4.58. The van der Waals surface area contributed by atoms with Gasteiger partial charge in [-0.15, -0.1) is 0 Å². The van der Waals surface area contributed by atoms with Crippen LogP contribution in [-0.2, 0) is 0 Å². The third-order valence-electron chi connectivity index (χ3n) is 4.58. The number of anilines is 1. The first-order chi connectivity index (χ1) is 15.0. The Kier molecular flexibility index (Phi) is 5.61. The van der Waals surface area contributed by atoms with Gasteiger partial charge in [-0.3, -0.25) is 19.9 Å². The van der Waals surface area contributed by atoms with Gasteiger partial charge in [-0.2, -0.15) is 5.10 Å². The Morgan fingerprint density at radius 3 is 2.52 bits per heavy atom. The molecule has 1 aromatic carbocycles. The highest BCUT2D eigenvalue weighted by Crippen LogP contribution is 2.29. The maximum Gasteiger partial charge on any atom is 0.267 e. The van der Waals surface area contributed by atoms with Crippen LogP contribution >= 0.6 is 0 Å². The lowest BCUT2D eigenvalue weighted by Gasteiger charge is -2.13. The molecule has 0 unspecified atom stereocenters. The van der Waals surface area contributed by atoms with Crippen LogP contribution < -0.4 is 10.9 Å². The van der Waals surface area contributed by atoms with E-state index in [1.165, 1.54) is 16.9 Å². The van der Waals surface area contributed by atoms with Gasteiger partial charge >= 0.3 is 0 Å². The molecule has 0 fully saturated rings. The molecule has 154 valence electrons. The summed E-state index contributed by atoms with van der Waals surface area (Å²) < 4.78 is 1.42. The first-order valence-electron chi connectivity index (χ1n) is 9.77. The molecule has 0 spiro atoms. The van der Waals surface area contributed by atoms with Crippen LogP contribution in [0, 0.1) is 0 Å². The third kappa shape index (κ3) is 4.37. The largest absolute Gasteiger partial charge is 0.290 e. The first-order valence-corrected chi connectivity index (χ1v) is 9.77. The standard InChI is InChI=1S/C23H20N6O2/c1-15(2)29-20(30)11-10-19(28-29)18-14-25-23(26-21(18)16-7-4-3-5-8-16)27-22(31)17-9-6-12-24-13-17/h3-15H,1-2H3,(H,25,26,27,31). The van der Waals surface area contributed by atoms with Gasteiger partial charge in [0.15, 0.2) is 0 Å². The van der Waals surface area contributed by atoms with Gasteiger partial charge in [0, 0.05) is 35.8 Å². The van der Waals surface area contributed by atoms with Gasteiger partial charge in [0.25, 0.3) is 11.5 Å².